The van der Waals surface area contributed by atoms with E-state index in [4.69, 9.17) is 21.0 Å². The minimum Gasteiger partial charge on any atom is -0.396 e. The molecular formula is C17H28O3. The summed E-state index contributed by atoms with van der Waals surface area (Å²) < 4.78 is 11.9. The standard InChI is InChI=1S/C17H28O3/c1-7-15-14(4)16(20-17(5,6)19-15)13(3)12(2)10-8-9-11-18/h1,10,13-16,18H,8-9,11H2,2-6H3/b12-10+/t13-,14-,15-,16-/m0/s1. The third-order valence-electron chi connectivity index (χ3n) is 4.03. The van der Waals surface area contributed by atoms with Crippen LogP contribution in [0, 0.1) is 24.2 Å². The van der Waals surface area contributed by atoms with Gasteiger partial charge < -0.3 is 14.6 Å². The van der Waals surface area contributed by atoms with Gasteiger partial charge in [-0.1, -0.05) is 31.4 Å². The molecule has 1 N–H and O–H groups in total. The van der Waals surface area contributed by atoms with E-state index in [-0.39, 0.29) is 30.7 Å². The van der Waals surface area contributed by atoms with Crippen LogP contribution in [0.25, 0.3) is 0 Å². The van der Waals surface area contributed by atoms with Crippen molar-refractivity contribution < 1.29 is 14.6 Å². The van der Waals surface area contributed by atoms with Gasteiger partial charge in [0.25, 0.3) is 0 Å². The van der Waals surface area contributed by atoms with Crippen LogP contribution < -0.4 is 0 Å². The van der Waals surface area contributed by atoms with Crippen molar-refractivity contribution in [3.8, 4) is 12.3 Å². The second-order valence-electron chi connectivity index (χ2n) is 6.15. The average Bonchev–Trinajstić information content (AvgIpc) is 2.40. The highest BCUT2D eigenvalue weighted by Crippen LogP contribution is 2.36. The first-order valence-corrected chi connectivity index (χ1v) is 7.41. The average molecular weight is 280 g/mol. The van der Waals surface area contributed by atoms with E-state index in [9.17, 15) is 0 Å². The van der Waals surface area contributed by atoms with E-state index in [1.807, 2.05) is 13.8 Å². The van der Waals surface area contributed by atoms with Gasteiger partial charge in [-0.25, -0.2) is 0 Å². The maximum atomic E-state index is 8.85. The fourth-order valence-electron chi connectivity index (χ4n) is 2.66. The molecule has 3 heteroatoms. The van der Waals surface area contributed by atoms with Crippen LogP contribution in [0.2, 0.25) is 0 Å². The zero-order chi connectivity index (χ0) is 15.3. The molecule has 0 aliphatic carbocycles. The lowest BCUT2D eigenvalue weighted by atomic mass is 9.83. The van der Waals surface area contributed by atoms with Gasteiger partial charge in [-0.3, -0.25) is 0 Å². The Morgan fingerprint density at radius 3 is 2.65 bits per heavy atom. The third kappa shape index (κ3) is 4.34. The maximum absolute atomic E-state index is 8.85. The molecule has 0 saturated carbocycles. The van der Waals surface area contributed by atoms with Crippen molar-refractivity contribution in [1.82, 2.24) is 0 Å². The molecule has 20 heavy (non-hydrogen) atoms. The van der Waals surface area contributed by atoms with Gasteiger partial charge in [0, 0.05) is 18.4 Å². The van der Waals surface area contributed by atoms with Crippen molar-refractivity contribution in [3.63, 3.8) is 0 Å². The van der Waals surface area contributed by atoms with Crippen LogP contribution in [0.3, 0.4) is 0 Å². The zero-order valence-corrected chi connectivity index (χ0v) is 13.3. The minimum atomic E-state index is -0.645. The number of terminal acetylenes is 1. The lowest BCUT2D eigenvalue weighted by molar-refractivity contribution is -0.313. The van der Waals surface area contributed by atoms with E-state index in [0.717, 1.165) is 12.8 Å². The Kier molecular flexibility index (Phi) is 6.26. The highest BCUT2D eigenvalue weighted by Gasteiger charge is 2.42. The van der Waals surface area contributed by atoms with E-state index < -0.39 is 5.79 Å². The Bertz CT molecular complexity index is 378. The summed E-state index contributed by atoms with van der Waals surface area (Å²) in [6.45, 7) is 10.4. The van der Waals surface area contributed by atoms with E-state index in [2.05, 4.69) is 32.8 Å². The summed E-state index contributed by atoms with van der Waals surface area (Å²) in [6.07, 6.45) is 9.29. The van der Waals surface area contributed by atoms with Crippen LogP contribution >= 0.6 is 0 Å². The van der Waals surface area contributed by atoms with Crippen molar-refractivity contribution in [3.05, 3.63) is 11.6 Å². The molecule has 0 spiro atoms. The van der Waals surface area contributed by atoms with Gasteiger partial charge in [-0.15, -0.1) is 6.42 Å². The second kappa shape index (κ2) is 7.26. The summed E-state index contributed by atoms with van der Waals surface area (Å²) in [4.78, 5) is 0. The maximum Gasteiger partial charge on any atom is 0.164 e. The summed E-state index contributed by atoms with van der Waals surface area (Å²) in [5, 5.41) is 8.85. The first-order valence-electron chi connectivity index (χ1n) is 7.41. The molecule has 1 aliphatic rings. The van der Waals surface area contributed by atoms with Crippen molar-refractivity contribution >= 4 is 0 Å². The number of aliphatic hydroxyl groups excluding tert-OH is 1. The van der Waals surface area contributed by atoms with Gasteiger partial charge in [0.1, 0.15) is 6.10 Å². The van der Waals surface area contributed by atoms with Gasteiger partial charge in [0.15, 0.2) is 5.79 Å². The Morgan fingerprint density at radius 1 is 1.45 bits per heavy atom. The van der Waals surface area contributed by atoms with Crippen molar-refractivity contribution in [2.45, 2.75) is 65.5 Å². The molecule has 1 heterocycles. The molecule has 3 nitrogen and oxygen atoms in total. The van der Waals surface area contributed by atoms with Crippen LogP contribution in [-0.4, -0.2) is 29.7 Å². The van der Waals surface area contributed by atoms with Gasteiger partial charge in [-0.05, 0) is 33.6 Å². The summed E-state index contributed by atoms with van der Waals surface area (Å²) >= 11 is 0. The van der Waals surface area contributed by atoms with Crippen molar-refractivity contribution in [2.75, 3.05) is 6.61 Å². The molecule has 0 aromatic rings. The first-order chi connectivity index (χ1) is 9.32. The molecular weight excluding hydrogens is 252 g/mol. The summed E-state index contributed by atoms with van der Waals surface area (Å²) in [5.41, 5.74) is 1.28. The fourth-order valence-corrected chi connectivity index (χ4v) is 2.66. The quantitative estimate of drug-likeness (QED) is 0.478. The topological polar surface area (TPSA) is 38.7 Å². The minimum absolute atomic E-state index is 0.0465. The lowest BCUT2D eigenvalue weighted by Crippen LogP contribution is -2.51. The lowest BCUT2D eigenvalue weighted by Gasteiger charge is -2.45. The molecule has 0 unspecified atom stereocenters. The smallest absolute Gasteiger partial charge is 0.164 e. The fraction of sp³-hybridized carbons (Fsp3) is 0.765. The molecule has 1 fully saturated rings. The molecule has 4 atom stereocenters. The summed E-state index contributed by atoms with van der Waals surface area (Å²) in [7, 11) is 0. The molecule has 1 rings (SSSR count). The zero-order valence-electron chi connectivity index (χ0n) is 13.3. The first kappa shape index (κ1) is 17.2. The molecule has 0 radical (unpaired) electrons. The van der Waals surface area contributed by atoms with Crippen LogP contribution in [0.15, 0.2) is 11.6 Å². The molecule has 1 saturated heterocycles. The number of ether oxygens (including phenoxy) is 2. The highest BCUT2D eigenvalue weighted by atomic mass is 16.7. The SMILES string of the molecule is C#C[C@@H]1OC(C)(C)O[C@@H]([C@@H](C)/C(C)=C/CCCO)[C@H]1C. The molecule has 0 aromatic heterocycles. The molecule has 0 aromatic carbocycles. The van der Waals surface area contributed by atoms with E-state index in [1.54, 1.807) is 0 Å². The number of hydrogen-bond acceptors (Lipinski definition) is 3. The summed E-state index contributed by atoms with van der Waals surface area (Å²) in [5.74, 6) is 2.52. The molecule has 0 bridgehead atoms. The van der Waals surface area contributed by atoms with E-state index in [1.165, 1.54) is 5.57 Å². The number of allylic oxidation sites excluding steroid dienone is 1. The predicted molar refractivity (Wildman–Crippen MR) is 81.1 cm³/mol. The highest BCUT2D eigenvalue weighted by molar-refractivity contribution is 5.10. The van der Waals surface area contributed by atoms with Crippen LogP contribution in [0.4, 0.5) is 0 Å². The van der Waals surface area contributed by atoms with Crippen LogP contribution in [0.1, 0.15) is 47.5 Å². The van der Waals surface area contributed by atoms with Gasteiger partial charge in [0.05, 0.1) is 6.10 Å². The molecule has 0 amide bonds. The normalized spacial score (nSPS) is 31.6. The van der Waals surface area contributed by atoms with Crippen LogP contribution in [-0.2, 0) is 9.47 Å². The largest absolute Gasteiger partial charge is 0.396 e. The number of hydrogen-bond donors (Lipinski definition) is 1. The molecule has 1 aliphatic heterocycles. The Balaban J connectivity index is 2.81. The third-order valence-corrected chi connectivity index (χ3v) is 4.03. The van der Waals surface area contributed by atoms with E-state index >= 15 is 0 Å². The Hall–Kier alpha value is -0.820. The Morgan fingerprint density at radius 2 is 2.10 bits per heavy atom. The predicted octanol–water partition coefficient (Wildman–Crippen LogP) is 3.13. The Labute approximate surface area is 123 Å². The monoisotopic (exact) mass is 280 g/mol. The second-order valence-corrected chi connectivity index (χ2v) is 6.15. The van der Waals surface area contributed by atoms with Gasteiger partial charge in [0.2, 0.25) is 0 Å². The van der Waals surface area contributed by atoms with Crippen molar-refractivity contribution in [2.24, 2.45) is 11.8 Å². The number of aliphatic hydroxyl groups is 1. The van der Waals surface area contributed by atoms with Crippen LogP contribution in [0.5, 0.6) is 0 Å². The number of rotatable bonds is 5. The van der Waals surface area contributed by atoms with E-state index in [0.29, 0.717) is 0 Å². The molecule has 114 valence electrons. The van der Waals surface area contributed by atoms with Crippen molar-refractivity contribution in [1.29, 1.82) is 0 Å². The van der Waals surface area contributed by atoms with Gasteiger partial charge in [-0.2, -0.15) is 0 Å². The number of unbranched alkanes of at least 4 members (excludes halogenated alkanes) is 1. The van der Waals surface area contributed by atoms with Gasteiger partial charge >= 0.3 is 0 Å². The summed E-state index contributed by atoms with van der Waals surface area (Å²) in [6, 6.07) is 0.